The van der Waals surface area contributed by atoms with Gasteiger partial charge in [0.25, 0.3) is 5.56 Å². The molecular weight excluding hydrogens is 400 g/mol. The van der Waals surface area contributed by atoms with Crippen LogP contribution >= 0.6 is 11.6 Å². The van der Waals surface area contributed by atoms with Gasteiger partial charge in [0.05, 0.1) is 24.6 Å². The number of nitrogens with zero attached hydrogens (tertiary/aromatic N) is 5. The SMILES string of the molecule is O=C(O)c1cnn(-c2nc3cnn(CCCOc4ccc(Cl)cc4)c3c(=O)[nH]2)c1. The number of fused-ring (bicyclic) bond motifs is 1. The zero-order valence-corrected chi connectivity index (χ0v) is 15.7. The summed E-state index contributed by atoms with van der Waals surface area (Å²) < 4.78 is 8.39. The van der Waals surface area contributed by atoms with E-state index in [-0.39, 0.29) is 11.5 Å². The maximum Gasteiger partial charge on any atom is 0.338 e. The number of benzene rings is 1. The van der Waals surface area contributed by atoms with Crippen LogP contribution in [0, 0.1) is 0 Å². The molecule has 1 aromatic carbocycles. The molecular formula is C18H15ClN6O4. The van der Waals surface area contributed by atoms with E-state index in [1.165, 1.54) is 23.3 Å². The normalized spacial score (nSPS) is 11.1. The van der Waals surface area contributed by atoms with Crippen molar-refractivity contribution in [3.8, 4) is 11.7 Å². The number of rotatable bonds is 7. The van der Waals surface area contributed by atoms with Crippen LogP contribution < -0.4 is 10.3 Å². The smallest absolute Gasteiger partial charge is 0.338 e. The third-order valence-electron chi connectivity index (χ3n) is 4.13. The standard InChI is InChI=1S/C18H15ClN6O4/c19-12-2-4-13(5-3-12)29-7-1-6-24-15-14(9-21-24)22-18(23-16(15)26)25-10-11(8-20-25)17(27)28/h2-5,8-10H,1,6-7H2,(H,27,28)(H,22,23,26). The Hall–Kier alpha value is -3.66. The summed E-state index contributed by atoms with van der Waals surface area (Å²) >= 11 is 5.84. The highest BCUT2D eigenvalue weighted by atomic mass is 35.5. The van der Waals surface area contributed by atoms with E-state index in [0.29, 0.717) is 41.4 Å². The molecule has 0 saturated carbocycles. The first-order valence-corrected chi connectivity index (χ1v) is 9.01. The topological polar surface area (TPSA) is 128 Å². The van der Waals surface area contributed by atoms with Gasteiger partial charge in [0.1, 0.15) is 11.3 Å². The third-order valence-corrected chi connectivity index (χ3v) is 4.38. The van der Waals surface area contributed by atoms with Crippen LogP contribution in [-0.2, 0) is 6.54 Å². The Labute approximate surface area is 168 Å². The van der Waals surface area contributed by atoms with Crippen molar-refractivity contribution >= 4 is 28.6 Å². The van der Waals surface area contributed by atoms with Gasteiger partial charge in [0, 0.05) is 24.2 Å². The predicted octanol–water partition coefficient (Wildman–Crippen LogP) is 2.13. The van der Waals surface area contributed by atoms with Crippen LogP contribution in [0.15, 0.2) is 47.7 Å². The molecule has 0 fully saturated rings. The van der Waals surface area contributed by atoms with E-state index in [9.17, 15) is 9.59 Å². The number of aromatic amines is 1. The molecule has 0 aliphatic rings. The number of aryl methyl sites for hydroxylation is 1. The number of ether oxygens (including phenoxy) is 1. The molecule has 0 aliphatic heterocycles. The molecule has 0 radical (unpaired) electrons. The van der Waals surface area contributed by atoms with Crippen LogP contribution in [0.2, 0.25) is 5.02 Å². The number of hydrogen-bond acceptors (Lipinski definition) is 6. The van der Waals surface area contributed by atoms with Crippen molar-refractivity contribution in [2.45, 2.75) is 13.0 Å². The minimum atomic E-state index is -1.12. The predicted molar refractivity (Wildman–Crippen MR) is 104 cm³/mol. The zero-order valence-electron chi connectivity index (χ0n) is 14.9. The van der Waals surface area contributed by atoms with Crippen LogP contribution in [0.1, 0.15) is 16.8 Å². The Kier molecular flexibility index (Phi) is 5.00. The van der Waals surface area contributed by atoms with E-state index in [0.717, 1.165) is 0 Å². The summed E-state index contributed by atoms with van der Waals surface area (Å²) in [6, 6.07) is 7.07. The number of carbonyl (C=O) groups is 1. The molecule has 0 atom stereocenters. The van der Waals surface area contributed by atoms with Gasteiger partial charge in [-0.25, -0.2) is 14.5 Å². The minimum absolute atomic E-state index is 0.0101. The van der Waals surface area contributed by atoms with Crippen LogP contribution in [0.4, 0.5) is 0 Å². The summed E-state index contributed by atoms with van der Waals surface area (Å²) in [5.74, 6) is -0.294. The molecule has 4 aromatic rings. The number of nitrogens with one attached hydrogen (secondary N) is 1. The van der Waals surface area contributed by atoms with E-state index in [1.807, 2.05) is 0 Å². The Morgan fingerprint density at radius 2 is 2.00 bits per heavy atom. The second-order valence-electron chi connectivity index (χ2n) is 6.13. The molecule has 0 amide bonds. The molecule has 10 nitrogen and oxygen atoms in total. The zero-order chi connectivity index (χ0) is 20.4. The summed E-state index contributed by atoms with van der Waals surface area (Å²) in [6.07, 6.45) is 4.55. The molecule has 0 unspecified atom stereocenters. The average molecular weight is 415 g/mol. The maximum atomic E-state index is 12.5. The number of aromatic carboxylic acids is 1. The van der Waals surface area contributed by atoms with Crippen molar-refractivity contribution in [1.29, 1.82) is 0 Å². The molecule has 3 heterocycles. The van der Waals surface area contributed by atoms with Crippen molar-refractivity contribution < 1.29 is 14.6 Å². The van der Waals surface area contributed by atoms with Crippen LogP contribution in [0.25, 0.3) is 17.0 Å². The molecule has 4 rings (SSSR count). The largest absolute Gasteiger partial charge is 0.494 e. The monoisotopic (exact) mass is 414 g/mol. The van der Waals surface area contributed by atoms with Gasteiger partial charge in [0.2, 0.25) is 5.95 Å². The second-order valence-corrected chi connectivity index (χ2v) is 6.56. The van der Waals surface area contributed by atoms with Crippen molar-refractivity contribution in [1.82, 2.24) is 29.5 Å². The van der Waals surface area contributed by atoms with Gasteiger partial charge < -0.3 is 9.84 Å². The first-order chi connectivity index (χ1) is 14.0. The number of carboxylic acid groups (broad SMARTS) is 1. The number of hydrogen-bond donors (Lipinski definition) is 2. The molecule has 148 valence electrons. The maximum absolute atomic E-state index is 12.5. The highest BCUT2D eigenvalue weighted by Gasteiger charge is 2.13. The first-order valence-electron chi connectivity index (χ1n) is 8.64. The lowest BCUT2D eigenvalue weighted by atomic mass is 10.3. The summed E-state index contributed by atoms with van der Waals surface area (Å²) in [4.78, 5) is 30.4. The highest BCUT2D eigenvalue weighted by molar-refractivity contribution is 6.30. The van der Waals surface area contributed by atoms with Crippen molar-refractivity contribution in [3.63, 3.8) is 0 Å². The van der Waals surface area contributed by atoms with Gasteiger partial charge in [-0.1, -0.05) is 11.6 Å². The third kappa shape index (κ3) is 3.97. The summed E-state index contributed by atoms with van der Waals surface area (Å²) in [5.41, 5.74) is 0.304. The molecule has 29 heavy (non-hydrogen) atoms. The van der Waals surface area contributed by atoms with Gasteiger partial charge in [0.15, 0.2) is 5.52 Å². The quantitative estimate of drug-likeness (QED) is 0.443. The number of halogens is 1. The summed E-state index contributed by atoms with van der Waals surface area (Å²) in [6.45, 7) is 0.907. The first kappa shape index (κ1) is 18.7. The Morgan fingerprint density at radius 3 is 2.72 bits per heavy atom. The van der Waals surface area contributed by atoms with Gasteiger partial charge in [-0.3, -0.25) is 14.5 Å². The van der Waals surface area contributed by atoms with Gasteiger partial charge in [-0.05, 0) is 24.3 Å². The van der Waals surface area contributed by atoms with Gasteiger partial charge >= 0.3 is 5.97 Å². The number of carboxylic acids is 1. The van der Waals surface area contributed by atoms with Crippen molar-refractivity contribution in [2.24, 2.45) is 0 Å². The lowest BCUT2D eigenvalue weighted by molar-refractivity contribution is 0.0697. The van der Waals surface area contributed by atoms with Gasteiger partial charge in [-0.2, -0.15) is 10.2 Å². The number of H-pyrrole nitrogens is 1. The van der Waals surface area contributed by atoms with E-state index < -0.39 is 11.5 Å². The van der Waals surface area contributed by atoms with Crippen molar-refractivity contribution in [3.05, 3.63) is 63.8 Å². The number of aromatic nitrogens is 6. The molecule has 0 aliphatic carbocycles. The Morgan fingerprint density at radius 1 is 1.21 bits per heavy atom. The average Bonchev–Trinajstić information content (AvgIpc) is 3.34. The van der Waals surface area contributed by atoms with Crippen LogP contribution in [0.5, 0.6) is 5.75 Å². The summed E-state index contributed by atoms with van der Waals surface area (Å²) in [5, 5.41) is 17.8. The van der Waals surface area contributed by atoms with Crippen LogP contribution in [-0.4, -0.2) is 47.2 Å². The lowest BCUT2D eigenvalue weighted by Gasteiger charge is -2.07. The molecule has 2 N–H and O–H groups in total. The fraction of sp³-hybridized carbons (Fsp3) is 0.167. The summed E-state index contributed by atoms with van der Waals surface area (Å²) in [7, 11) is 0. The molecule has 0 bridgehead atoms. The lowest BCUT2D eigenvalue weighted by Crippen LogP contribution is -2.17. The van der Waals surface area contributed by atoms with E-state index in [1.54, 1.807) is 28.9 Å². The minimum Gasteiger partial charge on any atom is -0.494 e. The van der Waals surface area contributed by atoms with Crippen molar-refractivity contribution in [2.75, 3.05) is 6.61 Å². The fourth-order valence-corrected chi connectivity index (χ4v) is 2.88. The second kappa shape index (κ2) is 7.76. The van der Waals surface area contributed by atoms with Crippen LogP contribution in [0.3, 0.4) is 0 Å². The Balaban J connectivity index is 1.47. The fourth-order valence-electron chi connectivity index (χ4n) is 2.76. The van der Waals surface area contributed by atoms with E-state index in [4.69, 9.17) is 21.4 Å². The Bertz CT molecular complexity index is 1230. The highest BCUT2D eigenvalue weighted by Crippen LogP contribution is 2.16. The van der Waals surface area contributed by atoms with E-state index in [2.05, 4.69) is 20.2 Å². The molecule has 0 saturated heterocycles. The molecule has 11 heteroatoms. The van der Waals surface area contributed by atoms with Gasteiger partial charge in [-0.15, -0.1) is 0 Å². The molecule has 0 spiro atoms. The van der Waals surface area contributed by atoms with E-state index >= 15 is 0 Å². The molecule has 3 aromatic heterocycles.